The Morgan fingerprint density at radius 3 is 2.38 bits per heavy atom. The first-order chi connectivity index (χ1) is 14.6. The summed E-state index contributed by atoms with van der Waals surface area (Å²) in [5.41, 5.74) is 2.31. The molecule has 32 heavy (non-hydrogen) atoms. The molecule has 5 N–H and O–H groups in total. The number of halogens is 3. The van der Waals surface area contributed by atoms with Crippen LogP contribution in [0.5, 0.6) is 5.75 Å². The highest BCUT2D eigenvalue weighted by molar-refractivity contribution is 8.00. The number of hydrogen-bond acceptors (Lipinski definition) is 8. The Balaban J connectivity index is 2.36. The van der Waals surface area contributed by atoms with Crippen LogP contribution in [0.1, 0.15) is 43.6 Å². The van der Waals surface area contributed by atoms with Gasteiger partial charge in [-0.1, -0.05) is 11.3 Å². The van der Waals surface area contributed by atoms with Crippen LogP contribution in [0.2, 0.25) is 0 Å². The molecule has 0 saturated carbocycles. The van der Waals surface area contributed by atoms with Crippen LogP contribution in [-0.4, -0.2) is 33.8 Å². The second kappa shape index (κ2) is 9.57. The molecule has 1 heterocycles. The predicted octanol–water partition coefficient (Wildman–Crippen LogP) is 4.27. The van der Waals surface area contributed by atoms with E-state index >= 15 is 0 Å². The molecular weight excluding hydrogens is 471 g/mol. The highest BCUT2D eigenvalue weighted by Crippen LogP contribution is 2.43. The molecule has 8 nitrogen and oxygen atoms in total. The lowest BCUT2D eigenvalue weighted by molar-refractivity contribution is -0.139. The van der Waals surface area contributed by atoms with Crippen molar-refractivity contribution in [1.29, 1.82) is 0 Å². The fourth-order valence-corrected chi connectivity index (χ4v) is 4.13. The van der Waals surface area contributed by atoms with Gasteiger partial charge in [-0.15, -0.1) is 0 Å². The van der Waals surface area contributed by atoms with E-state index in [0.717, 1.165) is 18.2 Å². The highest BCUT2D eigenvalue weighted by atomic mass is 32.2. The van der Waals surface area contributed by atoms with Gasteiger partial charge in [0.25, 0.3) is 11.8 Å². The highest BCUT2D eigenvalue weighted by Gasteiger charge is 2.35. The molecule has 0 fully saturated rings. The zero-order valence-corrected chi connectivity index (χ0v) is 19.1. The first-order valence-electron chi connectivity index (χ1n) is 9.12. The Labute approximate surface area is 190 Å². The van der Waals surface area contributed by atoms with Crippen LogP contribution in [0, 0.1) is 0 Å². The van der Waals surface area contributed by atoms with Crippen molar-refractivity contribution in [3.8, 4) is 5.75 Å². The zero-order chi connectivity index (χ0) is 24.4. The maximum absolute atomic E-state index is 13.5. The molecule has 0 aliphatic rings. The SMILES string of the molecule is CC(C)Oc1ccc(SN(O)c2cc(C(N)=O)c(NC(=O)C(C)(C)O)s2)c(C(F)(F)F)c1. The van der Waals surface area contributed by atoms with Crippen LogP contribution in [0.3, 0.4) is 0 Å². The molecule has 2 aromatic rings. The van der Waals surface area contributed by atoms with E-state index in [9.17, 15) is 33.1 Å². The summed E-state index contributed by atoms with van der Waals surface area (Å²) in [7, 11) is 0. The molecule has 1 aromatic carbocycles. The summed E-state index contributed by atoms with van der Waals surface area (Å²) >= 11 is 1.04. The third kappa shape index (κ3) is 6.51. The quantitative estimate of drug-likeness (QED) is 0.320. The minimum Gasteiger partial charge on any atom is -0.491 e. The number of amides is 2. The number of primary amides is 1. The maximum atomic E-state index is 13.5. The molecule has 0 saturated heterocycles. The lowest BCUT2D eigenvalue weighted by Crippen LogP contribution is -2.36. The van der Waals surface area contributed by atoms with E-state index < -0.39 is 29.2 Å². The van der Waals surface area contributed by atoms with E-state index in [-0.39, 0.29) is 32.3 Å². The van der Waals surface area contributed by atoms with Gasteiger partial charge in [0, 0.05) is 16.8 Å². The average molecular weight is 494 g/mol. The number of alkyl halides is 3. The summed E-state index contributed by atoms with van der Waals surface area (Å²) < 4.78 is 46.4. The van der Waals surface area contributed by atoms with Gasteiger partial charge in [0.15, 0.2) is 0 Å². The zero-order valence-electron chi connectivity index (χ0n) is 17.5. The fraction of sp³-hybridized carbons (Fsp3) is 0.368. The number of thiophene rings is 1. The minimum atomic E-state index is -4.72. The van der Waals surface area contributed by atoms with Crippen molar-refractivity contribution in [3.05, 3.63) is 35.4 Å². The topological polar surface area (TPSA) is 125 Å². The molecule has 176 valence electrons. The molecule has 0 atom stereocenters. The molecule has 0 radical (unpaired) electrons. The van der Waals surface area contributed by atoms with Crippen molar-refractivity contribution in [2.24, 2.45) is 5.73 Å². The first kappa shape index (κ1) is 25.8. The van der Waals surface area contributed by atoms with Gasteiger partial charge in [0.1, 0.15) is 21.4 Å². The van der Waals surface area contributed by atoms with Crippen LogP contribution < -0.4 is 20.3 Å². The Bertz CT molecular complexity index is 1000. The molecule has 13 heteroatoms. The number of nitrogens with two attached hydrogens (primary N) is 1. The maximum Gasteiger partial charge on any atom is 0.417 e. The van der Waals surface area contributed by atoms with Crippen molar-refractivity contribution in [2.45, 2.75) is 50.5 Å². The van der Waals surface area contributed by atoms with Crippen molar-refractivity contribution in [1.82, 2.24) is 0 Å². The van der Waals surface area contributed by atoms with Gasteiger partial charge >= 0.3 is 6.18 Å². The first-order valence-corrected chi connectivity index (χ1v) is 10.7. The summed E-state index contributed by atoms with van der Waals surface area (Å²) in [5.74, 6) is -1.77. The molecule has 2 rings (SSSR count). The molecule has 0 spiro atoms. The Kier molecular flexibility index (Phi) is 7.71. The van der Waals surface area contributed by atoms with Crippen LogP contribution in [-0.2, 0) is 11.0 Å². The van der Waals surface area contributed by atoms with E-state index in [0.29, 0.717) is 27.8 Å². The van der Waals surface area contributed by atoms with Gasteiger partial charge in [-0.3, -0.25) is 14.8 Å². The smallest absolute Gasteiger partial charge is 0.417 e. The lowest BCUT2D eigenvalue weighted by Gasteiger charge is -2.19. The Morgan fingerprint density at radius 1 is 1.25 bits per heavy atom. The number of carbonyl (C=O) groups is 2. The number of carbonyl (C=O) groups excluding carboxylic acids is 2. The number of benzene rings is 1. The van der Waals surface area contributed by atoms with E-state index in [1.165, 1.54) is 19.9 Å². The third-order valence-corrected chi connectivity index (χ3v) is 5.83. The van der Waals surface area contributed by atoms with Crippen LogP contribution in [0.4, 0.5) is 23.2 Å². The average Bonchev–Trinajstić information content (AvgIpc) is 3.05. The van der Waals surface area contributed by atoms with Gasteiger partial charge < -0.3 is 20.9 Å². The summed E-state index contributed by atoms with van der Waals surface area (Å²) in [5, 5.41) is 22.3. The van der Waals surface area contributed by atoms with Gasteiger partial charge in [0.2, 0.25) is 0 Å². The molecule has 0 aliphatic carbocycles. The minimum absolute atomic E-state index is 0.0184. The molecule has 0 bridgehead atoms. The number of nitrogens with zero attached hydrogens (tertiary/aromatic N) is 1. The van der Waals surface area contributed by atoms with Gasteiger partial charge in [0.05, 0.1) is 17.2 Å². The predicted molar refractivity (Wildman–Crippen MR) is 115 cm³/mol. The Morgan fingerprint density at radius 2 is 1.88 bits per heavy atom. The van der Waals surface area contributed by atoms with Crippen molar-refractivity contribution < 1.29 is 37.8 Å². The van der Waals surface area contributed by atoms with Crippen molar-refractivity contribution in [3.63, 3.8) is 0 Å². The van der Waals surface area contributed by atoms with E-state index in [1.54, 1.807) is 13.8 Å². The molecule has 0 unspecified atom stereocenters. The number of aliphatic hydroxyl groups is 1. The number of hydrogen-bond donors (Lipinski definition) is 4. The number of rotatable bonds is 8. The molecular formula is C19H22F3N3O5S2. The summed E-state index contributed by atoms with van der Waals surface area (Å²) in [6.07, 6.45) is -5.06. The summed E-state index contributed by atoms with van der Waals surface area (Å²) in [6, 6.07) is 4.43. The van der Waals surface area contributed by atoms with Gasteiger partial charge in [-0.2, -0.15) is 17.6 Å². The lowest BCUT2D eigenvalue weighted by atomic mass is 10.1. The van der Waals surface area contributed by atoms with Crippen LogP contribution in [0.25, 0.3) is 0 Å². The standard InChI is InChI=1S/C19H22F3N3O5S2/c1-9(2)30-10-5-6-13(12(7-10)19(20,21)22)32-25(29)14-8-11(15(23)26)16(31-14)24-17(27)18(3,4)28/h5-9,28-29H,1-4H3,(H2,23,26)(H,24,27). The van der Waals surface area contributed by atoms with Crippen LogP contribution >= 0.6 is 23.3 Å². The Hall–Kier alpha value is -2.48. The van der Waals surface area contributed by atoms with Crippen LogP contribution in [0.15, 0.2) is 29.2 Å². The summed E-state index contributed by atoms with van der Waals surface area (Å²) in [4.78, 5) is 23.4. The van der Waals surface area contributed by atoms with E-state index in [2.05, 4.69) is 5.32 Å². The number of nitrogens with one attached hydrogen (secondary N) is 1. The second-order valence-electron chi connectivity index (χ2n) is 7.39. The normalized spacial score (nSPS) is 12.1. The van der Waals surface area contributed by atoms with Crippen molar-refractivity contribution in [2.75, 3.05) is 9.79 Å². The molecule has 1 aromatic heterocycles. The fourth-order valence-electron chi connectivity index (χ4n) is 2.30. The number of anilines is 2. The molecule has 0 aliphatic heterocycles. The number of ether oxygens (including phenoxy) is 1. The summed E-state index contributed by atoms with van der Waals surface area (Å²) in [6.45, 7) is 5.79. The van der Waals surface area contributed by atoms with Crippen molar-refractivity contribution >= 4 is 45.1 Å². The van der Waals surface area contributed by atoms with Gasteiger partial charge in [-0.25, -0.2) is 0 Å². The van der Waals surface area contributed by atoms with E-state index in [4.69, 9.17) is 10.5 Å². The van der Waals surface area contributed by atoms with Gasteiger partial charge in [-0.05, 0) is 52.0 Å². The monoisotopic (exact) mass is 493 g/mol. The molecule has 2 amide bonds. The van der Waals surface area contributed by atoms with E-state index in [1.807, 2.05) is 0 Å². The second-order valence-corrected chi connectivity index (χ2v) is 9.39. The largest absolute Gasteiger partial charge is 0.491 e. The third-order valence-electron chi connectivity index (χ3n) is 3.77.